The van der Waals surface area contributed by atoms with Crippen LogP contribution in [0.3, 0.4) is 0 Å². The summed E-state index contributed by atoms with van der Waals surface area (Å²) in [5.74, 6) is -0.140. The molecule has 1 unspecified atom stereocenters. The first-order chi connectivity index (χ1) is 8.13. The van der Waals surface area contributed by atoms with Crippen LogP contribution < -0.4 is 11.1 Å². The Balaban J connectivity index is 2.42. The summed E-state index contributed by atoms with van der Waals surface area (Å²) >= 11 is 0. The first-order valence-corrected chi connectivity index (χ1v) is 5.72. The SMILES string of the molecule is COCC(C)NC(=O)[C@@H](N)Cc1ccccc1. The predicted octanol–water partition coefficient (Wildman–Crippen LogP) is 0.708. The van der Waals surface area contributed by atoms with E-state index in [1.165, 1.54) is 0 Å². The molecule has 1 aromatic rings. The third-order valence-electron chi connectivity index (χ3n) is 2.44. The number of rotatable bonds is 6. The average Bonchev–Trinajstić information content (AvgIpc) is 2.30. The van der Waals surface area contributed by atoms with Gasteiger partial charge in [0.15, 0.2) is 0 Å². The van der Waals surface area contributed by atoms with Crippen molar-refractivity contribution in [2.24, 2.45) is 5.73 Å². The van der Waals surface area contributed by atoms with Gasteiger partial charge in [-0.1, -0.05) is 30.3 Å². The van der Waals surface area contributed by atoms with E-state index in [-0.39, 0.29) is 11.9 Å². The Bertz CT molecular complexity index is 341. The van der Waals surface area contributed by atoms with Gasteiger partial charge < -0.3 is 15.8 Å². The second kappa shape index (κ2) is 7.04. The lowest BCUT2D eigenvalue weighted by Gasteiger charge is -2.16. The predicted molar refractivity (Wildman–Crippen MR) is 67.6 cm³/mol. The van der Waals surface area contributed by atoms with E-state index in [1.54, 1.807) is 7.11 Å². The number of carbonyl (C=O) groups is 1. The van der Waals surface area contributed by atoms with Crippen molar-refractivity contribution in [3.63, 3.8) is 0 Å². The van der Waals surface area contributed by atoms with E-state index in [0.717, 1.165) is 5.56 Å². The Labute approximate surface area is 102 Å². The minimum atomic E-state index is -0.517. The Morgan fingerprint density at radius 1 is 1.41 bits per heavy atom. The van der Waals surface area contributed by atoms with Crippen LogP contribution in [0.4, 0.5) is 0 Å². The van der Waals surface area contributed by atoms with Crippen molar-refractivity contribution in [1.82, 2.24) is 5.32 Å². The maximum atomic E-state index is 11.7. The lowest BCUT2D eigenvalue weighted by Crippen LogP contribution is -2.46. The molecule has 1 amide bonds. The van der Waals surface area contributed by atoms with Crippen molar-refractivity contribution in [3.8, 4) is 0 Å². The molecule has 0 fully saturated rings. The van der Waals surface area contributed by atoms with Gasteiger partial charge in [0.2, 0.25) is 5.91 Å². The molecule has 0 saturated carbocycles. The second-order valence-electron chi connectivity index (χ2n) is 4.16. The van der Waals surface area contributed by atoms with Crippen molar-refractivity contribution in [1.29, 1.82) is 0 Å². The molecule has 0 spiro atoms. The third kappa shape index (κ3) is 4.97. The first kappa shape index (κ1) is 13.7. The number of hydrogen-bond acceptors (Lipinski definition) is 3. The molecule has 0 aliphatic carbocycles. The number of benzene rings is 1. The van der Waals surface area contributed by atoms with E-state index >= 15 is 0 Å². The quantitative estimate of drug-likeness (QED) is 0.764. The molecule has 0 aliphatic rings. The molecule has 0 saturated heterocycles. The molecule has 1 aromatic carbocycles. The molecule has 3 N–H and O–H groups in total. The Hall–Kier alpha value is -1.39. The van der Waals surface area contributed by atoms with Crippen molar-refractivity contribution in [2.45, 2.75) is 25.4 Å². The maximum absolute atomic E-state index is 11.7. The van der Waals surface area contributed by atoms with Gasteiger partial charge in [-0.2, -0.15) is 0 Å². The van der Waals surface area contributed by atoms with Crippen LogP contribution in [0.5, 0.6) is 0 Å². The normalized spacial score (nSPS) is 14.1. The van der Waals surface area contributed by atoms with E-state index < -0.39 is 6.04 Å². The van der Waals surface area contributed by atoms with Crippen molar-refractivity contribution in [2.75, 3.05) is 13.7 Å². The van der Waals surface area contributed by atoms with Gasteiger partial charge in [0.05, 0.1) is 12.6 Å². The minimum absolute atomic E-state index is 0.0191. The van der Waals surface area contributed by atoms with Crippen LogP contribution in [-0.2, 0) is 16.0 Å². The van der Waals surface area contributed by atoms with Gasteiger partial charge in [-0.15, -0.1) is 0 Å². The van der Waals surface area contributed by atoms with E-state index in [0.29, 0.717) is 13.0 Å². The van der Waals surface area contributed by atoms with Crippen LogP contribution in [0.25, 0.3) is 0 Å². The Morgan fingerprint density at radius 3 is 2.65 bits per heavy atom. The van der Waals surface area contributed by atoms with E-state index in [2.05, 4.69) is 5.32 Å². The molecule has 94 valence electrons. The highest BCUT2D eigenvalue weighted by molar-refractivity contribution is 5.82. The number of carbonyl (C=O) groups excluding carboxylic acids is 1. The van der Waals surface area contributed by atoms with Crippen molar-refractivity contribution >= 4 is 5.91 Å². The monoisotopic (exact) mass is 236 g/mol. The average molecular weight is 236 g/mol. The van der Waals surface area contributed by atoms with Gasteiger partial charge in [0.1, 0.15) is 0 Å². The number of methoxy groups -OCH3 is 1. The van der Waals surface area contributed by atoms with Crippen LogP contribution in [0, 0.1) is 0 Å². The first-order valence-electron chi connectivity index (χ1n) is 5.72. The van der Waals surface area contributed by atoms with Gasteiger partial charge in [-0.05, 0) is 18.9 Å². The minimum Gasteiger partial charge on any atom is -0.383 e. The number of amides is 1. The van der Waals surface area contributed by atoms with Crippen molar-refractivity contribution in [3.05, 3.63) is 35.9 Å². The van der Waals surface area contributed by atoms with E-state index in [1.807, 2.05) is 37.3 Å². The molecule has 0 radical (unpaired) electrons. The van der Waals surface area contributed by atoms with Gasteiger partial charge in [-0.3, -0.25) is 4.79 Å². The van der Waals surface area contributed by atoms with Gasteiger partial charge >= 0.3 is 0 Å². The van der Waals surface area contributed by atoms with Crippen molar-refractivity contribution < 1.29 is 9.53 Å². The highest BCUT2D eigenvalue weighted by atomic mass is 16.5. The fourth-order valence-electron chi connectivity index (χ4n) is 1.60. The largest absolute Gasteiger partial charge is 0.383 e. The standard InChI is InChI=1S/C13H20N2O2/c1-10(9-17-2)15-13(16)12(14)8-11-6-4-3-5-7-11/h3-7,10,12H,8-9,14H2,1-2H3,(H,15,16)/t10?,12-/m0/s1. The molecule has 17 heavy (non-hydrogen) atoms. The number of nitrogens with one attached hydrogen (secondary N) is 1. The summed E-state index contributed by atoms with van der Waals surface area (Å²) in [7, 11) is 1.60. The molecule has 0 heterocycles. The summed E-state index contributed by atoms with van der Waals surface area (Å²) in [6.07, 6.45) is 0.548. The topological polar surface area (TPSA) is 64.3 Å². The summed E-state index contributed by atoms with van der Waals surface area (Å²) in [6.45, 7) is 2.38. The van der Waals surface area contributed by atoms with Gasteiger partial charge in [-0.25, -0.2) is 0 Å². The highest BCUT2D eigenvalue weighted by Crippen LogP contribution is 2.02. The lowest BCUT2D eigenvalue weighted by atomic mass is 10.1. The zero-order chi connectivity index (χ0) is 12.7. The van der Waals surface area contributed by atoms with E-state index in [9.17, 15) is 4.79 Å². The summed E-state index contributed by atoms with van der Waals surface area (Å²) in [5.41, 5.74) is 6.91. The number of ether oxygens (including phenoxy) is 1. The Morgan fingerprint density at radius 2 is 2.06 bits per heavy atom. The van der Waals surface area contributed by atoms with Gasteiger partial charge in [0, 0.05) is 13.2 Å². The maximum Gasteiger partial charge on any atom is 0.237 e. The van der Waals surface area contributed by atoms with Crippen LogP contribution in [0.1, 0.15) is 12.5 Å². The number of nitrogens with two attached hydrogens (primary N) is 1. The summed E-state index contributed by atoms with van der Waals surface area (Å²) < 4.78 is 4.95. The molecular weight excluding hydrogens is 216 g/mol. The number of hydrogen-bond donors (Lipinski definition) is 2. The smallest absolute Gasteiger partial charge is 0.237 e. The zero-order valence-electron chi connectivity index (χ0n) is 10.3. The van der Waals surface area contributed by atoms with Crippen LogP contribution in [0.15, 0.2) is 30.3 Å². The fourth-order valence-corrected chi connectivity index (χ4v) is 1.60. The molecule has 0 aliphatic heterocycles. The summed E-state index contributed by atoms with van der Waals surface area (Å²) in [5, 5.41) is 2.81. The molecule has 0 bridgehead atoms. The molecular formula is C13H20N2O2. The second-order valence-corrected chi connectivity index (χ2v) is 4.16. The zero-order valence-corrected chi connectivity index (χ0v) is 10.3. The van der Waals surface area contributed by atoms with Crippen LogP contribution in [0.2, 0.25) is 0 Å². The van der Waals surface area contributed by atoms with E-state index in [4.69, 9.17) is 10.5 Å². The summed E-state index contributed by atoms with van der Waals surface area (Å²) in [6, 6.07) is 9.21. The Kier molecular flexibility index (Phi) is 5.66. The van der Waals surface area contributed by atoms with Crippen LogP contribution in [-0.4, -0.2) is 31.7 Å². The van der Waals surface area contributed by atoms with Gasteiger partial charge in [0.25, 0.3) is 0 Å². The molecule has 4 heteroatoms. The molecule has 4 nitrogen and oxygen atoms in total. The molecule has 0 aromatic heterocycles. The molecule has 2 atom stereocenters. The fraction of sp³-hybridized carbons (Fsp3) is 0.462. The molecule has 1 rings (SSSR count). The third-order valence-corrected chi connectivity index (χ3v) is 2.44. The van der Waals surface area contributed by atoms with Crippen LogP contribution >= 0.6 is 0 Å². The highest BCUT2D eigenvalue weighted by Gasteiger charge is 2.15. The summed E-state index contributed by atoms with van der Waals surface area (Å²) in [4.78, 5) is 11.7. The lowest BCUT2D eigenvalue weighted by molar-refractivity contribution is -0.123.